The Bertz CT molecular complexity index is 566. The van der Waals surface area contributed by atoms with E-state index < -0.39 is 0 Å². The number of nitrogens with one attached hydrogen (secondary N) is 1. The maximum atomic E-state index is 12.7. The molecular weight excluding hydrogens is 346 g/mol. The number of carbonyl (C=O) groups excluding carboxylic acids is 2. The van der Waals surface area contributed by atoms with Gasteiger partial charge >= 0.3 is 0 Å². The average Bonchev–Trinajstić information content (AvgIpc) is 2.97. The third-order valence-corrected chi connectivity index (χ3v) is 5.66. The van der Waals surface area contributed by atoms with Gasteiger partial charge in [0.15, 0.2) is 0 Å². The molecule has 132 valence electrons. The maximum absolute atomic E-state index is 12.7. The van der Waals surface area contributed by atoms with E-state index in [1.165, 1.54) is 0 Å². The molecule has 3 rings (SSSR count). The van der Waals surface area contributed by atoms with Crippen LogP contribution in [0.3, 0.4) is 0 Å². The van der Waals surface area contributed by atoms with Crippen molar-refractivity contribution in [2.75, 3.05) is 36.5 Å². The molecule has 2 atom stereocenters. The minimum atomic E-state index is -0.334. The van der Waals surface area contributed by atoms with Gasteiger partial charge in [0.1, 0.15) is 6.04 Å². The van der Waals surface area contributed by atoms with Crippen molar-refractivity contribution in [3.8, 4) is 0 Å². The molecule has 1 aromatic rings. The number of amides is 2. The van der Waals surface area contributed by atoms with E-state index in [-0.39, 0.29) is 36.3 Å². The monoisotopic (exact) mass is 369 g/mol. The predicted octanol–water partition coefficient (Wildman–Crippen LogP) is 1.77. The summed E-state index contributed by atoms with van der Waals surface area (Å²) in [4.78, 5) is 28.6. The van der Waals surface area contributed by atoms with Crippen LogP contribution < -0.4 is 10.2 Å². The molecule has 2 heterocycles. The van der Waals surface area contributed by atoms with Crippen LogP contribution >= 0.6 is 24.2 Å². The van der Waals surface area contributed by atoms with Crippen molar-refractivity contribution in [3.63, 3.8) is 0 Å². The summed E-state index contributed by atoms with van der Waals surface area (Å²) in [6.45, 7) is 1.62. The molecular formula is C17H24ClN3O2S. The number of halogens is 1. The Morgan fingerprint density at radius 3 is 2.79 bits per heavy atom. The zero-order valence-corrected chi connectivity index (χ0v) is 15.4. The van der Waals surface area contributed by atoms with Crippen LogP contribution in [0.5, 0.6) is 0 Å². The van der Waals surface area contributed by atoms with E-state index >= 15 is 0 Å². The lowest BCUT2D eigenvalue weighted by atomic mass is 10.1. The number of para-hydroxylation sites is 1. The number of likely N-dealkylation sites (N-methyl/N-ethyl adjacent to an activating group) is 1. The third-order valence-electron chi connectivity index (χ3n) is 4.53. The van der Waals surface area contributed by atoms with Crippen LogP contribution in [0.1, 0.15) is 12.8 Å². The highest BCUT2D eigenvalue weighted by molar-refractivity contribution is 7.99. The zero-order valence-electron chi connectivity index (χ0n) is 13.8. The van der Waals surface area contributed by atoms with Crippen molar-refractivity contribution in [1.29, 1.82) is 0 Å². The second-order valence-corrected chi connectivity index (χ2v) is 7.21. The minimum Gasteiger partial charge on any atom is -0.334 e. The molecule has 0 aliphatic carbocycles. The lowest BCUT2D eigenvalue weighted by Crippen LogP contribution is -2.46. The van der Waals surface area contributed by atoms with E-state index in [1.54, 1.807) is 16.8 Å². The normalized spacial score (nSPS) is 23.7. The van der Waals surface area contributed by atoms with Crippen LogP contribution in [0, 0.1) is 0 Å². The molecule has 2 aliphatic rings. The van der Waals surface area contributed by atoms with E-state index in [2.05, 4.69) is 5.32 Å². The number of benzene rings is 1. The number of hydrogen-bond donors (Lipinski definition) is 1. The van der Waals surface area contributed by atoms with Gasteiger partial charge in [-0.3, -0.25) is 9.59 Å². The summed E-state index contributed by atoms with van der Waals surface area (Å²) in [5.41, 5.74) is 0.909. The molecule has 0 aromatic heterocycles. The molecule has 0 saturated carbocycles. The second kappa shape index (κ2) is 8.74. The number of nitrogens with zero attached hydrogens (tertiary/aromatic N) is 2. The molecule has 2 saturated heterocycles. The zero-order chi connectivity index (χ0) is 16.2. The predicted molar refractivity (Wildman–Crippen MR) is 101 cm³/mol. The first-order chi connectivity index (χ1) is 11.2. The summed E-state index contributed by atoms with van der Waals surface area (Å²) < 4.78 is 0. The molecule has 24 heavy (non-hydrogen) atoms. The molecule has 1 aromatic carbocycles. The van der Waals surface area contributed by atoms with Gasteiger partial charge in [0, 0.05) is 49.8 Å². The van der Waals surface area contributed by atoms with E-state index in [9.17, 15) is 9.59 Å². The fourth-order valence-corrected chi connectivity index (χ4v) is 4.12. The van der Waals surface area contributed by atoms with Gasteiger partial charge in [0.05, 0.1) is 0 Å². The van der Waals surface area contributed by atoms with Crippen molar-refractivity contribution in [2.24, 2.45) is 0 Å². The van der Waals surface area contributed by atoms with Crippen LogP contribution in [-0.2, 0) is 9.59 Å². The maximum Gasteiger partial charge on any atom is 0.249 e. The second-order valence-electron chi connectivity index (χ2n) is 6.06. The quantitative estimate of drug-likeness (QED) is 0.878. The van der Waals surface area contributed by atoms with Gasteiger partial charge in [-0.05, 0) is 18.6 Å². The molecule has 5 nitrogen and oxygen atoms in total. The minimum absolute atomic E-state index is 0. The molecule has 2 amide bonds. The van der Waals surface area contributed by atoms with Crippen molar-refractivity contribution in [3.05, 3.63) is 30.3 Å². The molecule has 2 unspecified atom stereocenters. The van der Waals surface area contributed by atoms with Gasteiger partial charge in [-0.2, -0.15) is 11.8 Å². The Hall–Kier alpha value is -1.24. The number of hydrogen-bond acceptors (Lipinski definition) is 4. The van der Waals surface area contributed by atoms with Crippen LogP contribution in [0.25, 0.3) is 0 Å². The van der Waals surface area contributed by atoms with Crippen molar-refractivity contribution in [2.45, 2.75) is 24.9 Å². The largest absolute Gasteiger partial charge is 0.334 e. The smallest absolute Gasteiger partial charge is 0.249 e. The fraction of sp³-hybridized carbons (Fsp3) is 0.529. The molecule has 2 fully saturated rings. The van der Waals surface area contributed by atoms with E-state index in [1.807, 2.05) is 42.1 Å². The lowest BCUT2D eigenvalue weighted by Gasteiger charge is -2.28. The van der Waals surface area contributed by atoms with Gasteiger partial charge in [-0.25, -0.2) is 0 Å². The average molecular weight is 370 g/mol. The van der Waals surface area contributed by atoms with Gasteiger partial charge in [0.2, 0.25) is 11.8 Å². The van der Waals surface area contributed by atoms with Gasteiger partial charge < -0.3 is 15.1 Å². The van der Waals surface area contributed by atoms with E-state index in [0.29, 0.717) is 19.4 Å². The van der Waals surface area contributed by atoms with Crippen LogP contribution in [0.15, 0.2) is 30.3 Å². The van der Waals surface area contributed by atoms with Crippen LogP contribution in [0.4, 0.5) is 5.69 Å². The summed E-state index contributed by atoms with van der Waals surface area (Å²) in [7, 11) is 1.76. The van der Waals surface area contributed by atoms with Crippen LogP contribution in [0.2, 0.25) is 0 Å². The third kappa shape index (κ3) is 4.23. The summed E-state index contributed by atoms with van der Waals surface area (Å²) in [5, 5.41) is 3.38. The lowest BCUT2D eigenvalue weighted by molar-refractivity contribution is -0.137. The summed E-state index contributed by atoms with van der Waals surface area (Å²) in [6, 6.07) is 9.56. The number of thioether (sulfide) groups is 1. The van der Waals surface area contributed by atoms with Crippen molar-refractivity contribution in [1.82, 2.24) is 10.2 Å². The summed E-state index contributed by atoms with van der Waals surface area (Å²) in [6.07, 6.45) is 1.17. The number of carbonyl (C=O) groups is 2. The summed E-state index contributed by atoms with van der Waals surface area (Å²) in [5.74, 6) is 2.15. The van der Waals surface area contributed by atoms with Crippen LogP contribution in [-0.4, -0.2) is 60.4 Å². The Labute approximate surface area is 153 Å². The first-order valence-electron chi connectivity index (χ1n) is 8.10. The van der Waals surface area contributed by atoms with Gasteiger partial charge in [-0.15, -0.1) is 12.4 Å². The Morgan fingerprint density at radius 2 is 2.12 bits per heavy atom. The Balaban J connectivity index is 0.00000208. The molecule has 1 N–H and O–H groups in total. The molecule has 2 aliphatic heterocycles. The van der Waals surface area contributed by atoms with E-state index in [0.717, 1.165) is 23.7 Å². The van der Waals surface area contributed by atoms with E-state index in [4.69, 9.17) is 0 Å². The molecule has 0 radical (unpaired) electrons. The van der Waals surface area contributed by atoms with Crippen molar-refractivity contribution >= 4 is 41.7 Å². The standard InChI is InChI=1S/C17H23N3O2S.ClH/c1-19(16(21)11-13-12-23-10-8-18-13)15-7-9-20(17(15)22)14-5-3-2-4-6-14;/h2-6,13,15,18H,7-12H2,1H3;1H. The highest BCUT2D eigenvalue weighted by Gasteiger charge is 2.37. The highest BCUT2D eigenvalue weighted by atomic mass is 35.5. The van der Waals surface area contributed by atoms with Gasteiger partial charge in [0.25, 0.3) is 0 Å². The summed E-state index contributed by atoms with van der Waals surface area (Å²) >= 11 is 1.88. The Kier molecular flexibility index (Phi) is 6.95. The first-order valence-corrected chi connectivity index (χ1v) is 9.25. The number of rotatable bonds is 4. The molecule has 7 heteroatoms. The SMILES string of the molecule is CN(C(=O)CC1CSCCN1)C1CCN(c2ccccc2)C1=O.Cl. The van der Waals surface area contributed by atoms with Crippen molar-refractivity contribution < 1.29 is 9.59 Å². The van der Waals surface area contributed by atoms with Gasteiger partial charge in [-0.1, -0.05) is 18.2 Å². The molecule has 0 bridgehead atoms. The molecule has 0 spiro atoms. The fourth-order valence-electron chi connectivity index (χ4n) is 3.17. The highest BCUT2D eigenvalue weighted by Crippen LogP contribution is 2.24. The topological polar surface area (TPSA) is 52.7 Å². The first kappa shape index (κ1) is 19.1. The number of anilines is 1. The Morgan fingerprint density at radius 1 is 1.38 bits per heavy atom.